The Balaban J connectivity index is 2.30. The van der Waals surface area contributed by atoms with Crippen LogP contribution in [0.25, 0.3) is 0 Å². The minimum Gasteiger partial charge on any atom is -0.271 e. The molecule has 0 fully saturated rings. The van der Waals surface area contributed by atoms with E-state index in [1.165, 1.54) is 0 Å². The van der Waals surface area contributed by atoms with Crippen molar-refractivity contribution in [2.45, 2.75) is 39.3 Å². The van der Waals surface area contributed by atoms with E-state index in [1.807, 2.05) is 16.8 Å². The summed E-state index contributed by atoms with van der Waals surface area (Å²) in [4.78, 5) is 0. The van der Waals surface area contributed by atoms with Crippen LogP contribution in [0.4, 0.5) is 0 Å². The van der Waals surface area contributed by atoms with Crippen molar-refractivity contribution in [3.05, 3.63) is 50.7 Å². The smallest absolute Gasteiger partial charge is 0.0850 e. The Morgan fingerprint density at radius 3 is 2.52 bits per heavy atom. The highest BCUT2D eigenvalue weighted by Gasteiger charge is 2.19. The fourth-order valence-electron chi connectivity index (χ4n) is 2.37. The van der Waals surface area contributed by atoms with Gasteiger partial charge in [-0.25, -0.2) is 0 Å². The molecule has 4 nitrogen and oxygen atoms in total. The van der Waals surface area contributed by atoms with E-state index in [0.29, 0.717) is 6.42 Å². The molecule has 1 atom stereocenters. The Morgan fingerprint density at radius 2 is 2.00 bits per heavy atom. The van der Waals surface area contributed by atoms with Gasteiger partial charge in [0.25, 0.3) is 0 Å². The molecule has 0 spiro atoms. The molecule has 1 aromatic heterocycles. The number of benzene rings is 1. The van der Waals surface area contributed by atoms with Crippen LogP contribution in [0, 0.1) is 0 Å². The Hall–Kier alpha value is -0.880. The molecule has 3 N–H and O–H groups in total. The van der Waals surface area contributed by atoms with Crippen molar-refractivity contribution in [3.8, 4) is 0 Å². The minimum atomic E-state index is 0.00214. The second kappa shape index (κ2) is 7.40. The molecule has 0 saturated carbocycles. The number of nitrogens with one attached hydrogen (secondary N) is 1. The zero-order valence-electron chi connectivity index (χ0n) is 12.2. The SMILES string of the molecule is CCc1nn(CC)c(CC(NN)c2ccc(Br)cc2)c1Cl. The van der Waals surface area contributed by atoms with E-state index in [4.69, 9.17) is 17.4 Å². The van der Waals surface area contributed by atoms with Gasteiger partial charge in [0.2, 0.25) is 0 Å². The van der Waals surface area contributed by atoms with Gasteiger partial charge in [0.1, 0.15) is 0 Å². The maximum Gasteiger partial charge on any atom is 0.0850 e. The summed E-state index contributed by atoms with van der Waals surface area (Å²) >= 11 is 9.91. The second-order valence-electron chi connectivity index (χ2n) is 4.85. The molecule has 0 radical (unpaired) electrons. The molecule has 0 aliphatic heterocycles. The highest BCUT2D eigenvalue weighted by Crippen LogP contribution is 2.27. The molecular formula is C15H20BrClN4. The highest BCUT2D eigenvalue weighted by atomic mass is 79.9. The third-order valence-electron chi connectivity index (χ3n) is 3.57. The second-order valence-corrected chi connectivity index (χ2v) is 6.15. The maximum atomic E-state index is 6.46. The standard InChI is InChI=1S/C15H20BrClN4/c1-3-12-15(17)14(21(4-2)20-12)9-13(19-18)10-5-7-11(16)8-6-10/h5-8,13,19H,3-4,9,18H2,1-2H3. The van der Waals surface area contributed by atoms with E-state index in [1.54, 1.807) is 0 Å². The molecule has 6 heteroatoms. The van der Waals surface area contributed by atoms with Crippen LogP contribution >= 0.6 is 27.5 Å². The van der Waals surface area contributed by atoms with Gasteiger partial charge in [0, 0.05) is 17.4 Å². The summed E-state index contributed by atoms with van der Waals surface area (Å²) in [7, 11) is 0. The van der Waals surface area contributed by atoms with Gasteiger partial charge in [-0.05, 0) is 31.0 Å². The van der Waals surface area contributed by atoms with Crippen molar-refractivity contribution in [3.63, 3.8) is 0 Å². The molecule has 0 aliphatic rings. The predicted octanol–water partition coefficient (Wildman–Crippen LogP) is 3.63. The van der Waals surface area contributed by atoms with Crippen molar-refractivity contribution < 1.29 is 0 Å². The number of nitrogens with two attached hydrogens (primary N) is 1. The first kappa shape index (κ1) is 16.5. The van der Waals surface area contributed by atoms with E-state index in [-0.39, 0.29) is 6.04 Å². The Labute approximate surface area is 138 Å². The van der Waals surface area contributed by atoms with Crippen LogP contribution in [0.2, 0.25) is 5.02 Å². The van der Waals surface area contributed by atoms with Gasteiger partial charge in [0.05, 0.1) is 22.5 Å². The van der Waals surface area contributed by atoms with Crippen LogP contribution < -0.4 is 11.3 Å². The fourth-order valence-corrected chi connectivity index (χ4v) is 2.98. The molecule has 1 aromatic carbocycles. The number of hydrogen-bond acceptors (Lipinski definition) is 3. The molecule has 0 aliphatic carbocycles. The lowest BCUT2D eigenvalue weighted by Crippen LogP contribution is -2.30. The minimum absolute atomic E-state index is 0.00214. The van der Waals surface area contributed by atoms with Gasteiger partial charge >= 0.3 is 0 Å². The van der Waals surface area contributed by atoms with Crippen molar-refractivity contribution in [1.82, 2.24) is 15.2 Å². The molecule has 0 amide bonds. The summed E-state index contributed by atoms with van der Waals surface area (Å²) in [6, 6.07) is 8.12. The molecule has 2 rings (SSSR count). The van der Waals surface area contributed by atoms with E-state index >= 15 is 0 Å². The van der Waals surface area contributed by atoms with Gasteiger partial charge in [-0.1, -0.05) is 46.6 Å². The lowest BCUT2D eigenvalue weighted by atomic mass is 10.0. The number of hydrogen-bond donors (Lipinski definition) is 2. The number of rotatable bonds is 6. The molecule has 21 heavy (non-hydrogen) atoms. The topological polar surface area (TPSA) is 55.9 Å². The van der Waals surface area contributed by atoms with Crippen LogP contribution in [0.15, 0.2) is 28.7 Å². The van der Waals surface area contributed by atoms with Crippen LogP contribution in [0.3, 0.4) is 0 Å². The van der Waals surface area contributed by atoms with Gasteiger partial charge in [0.15, 0.2) is 0 Å². The Morgan fingerprint density at radius 1 is 1.33 bits per heavy atom. The average Bonchev–Trinajstić information content (AvgIpc) is 2.81. The molecular weight excluding hydrogens is 352 g/mol. The quantitative estimate of drug-likeness (QED) is 0.602. The van der Waals surface area contributed by atoms with Crippen molar-refractivity contribution in [2.24, 2.45) is 5.84 Å². The first-order valence-corrected chi connectivity index (χ1v) is 8.23. The zero-order valence-corrected chi connectivity index (χ0v) is 14.6. The van der Waals surface area contributed by atoms with E-state index in [2.05, 4.69) is 52.4 Å². The summed E-state index contributed by atoms with van der Waals surface area (Å²) in [6.07, 6.45) is 1.54. The van der Waals surface area contributed by atoms with Crippen LogP contribution in [-0.4, -0.2) is 9.78 Å². The molecule has 0 bridgehead atoms. The Bertz CT molecular complexity index is 594. The van der Waals surface area contributed by atoms with Gasteiger partial charge in [-0.2, -0.15) is 5.10 Å². The van der Waals surface area contributed by atoms with E-state index < -0.39 is 0 Å². The van der Waals surface area contributed by atoms with Crippen LogP contribution in [0.1, 0.15) is 36.8 Å². The van der Waals surface area contributed by atoms with E-state index in [0.717, 1.165) is 39.4 Å². The summed E-state index contributed by atoms with van der Waals surface area (Å²) in [5.74, 6) is 5.74. The molecule has 2 aromatic rings. The third kappa shape index (κ3) is 3.66. The fraction of sp³-hybridized carbons (Fsp3) is 0.400. The first-order chi connectivity index (χ1) is 10.1. The first-order valence-electron chi connectivity index (χ1n) is 7.06. The normalized spacial score (nSPS) is 12.6. The monoisotopic (exact) mass is 370 g/mol. The molecule has 1 heterocycles. The number of nitrogens with zero attached hydrogens (tertiary/aromatic N) is 2. The molecule has 0 saturated heterocycles. The highest BCUT2D eigenvalue weighted by molar-refractivity contribution is 9.10. The number of halogens is 2. The van der Waals surface area contributed by atoms with Gasteiger partial charge in [-0.15, -0.1) is 0 Å². The van der Waals surface area contributed by atoms with Crippen molar-refractivity contribution >= 4 is 27.5 Å². The van der Waals surface area contributed by atoms with Crippen LogP contribution in [-0.2, 0) is 19.4 Å². The maximum absolute atomic E-state index is 6.46. The lowest BCUT2D eigenvalue weighted by molar-refractivity contribution is 0.516. The van der Waals surface area contributed by atoms with Gasteiger partial charge in [-0.3, -0.25) is 16.0 Å². The third-order valence-corrected chi connectivity index (χ3v) is 4.53. The van der Waals surface area contributed by atoms with E-state index in [9.17, 15) is 0 Å². The largest absolute Gasteiger partial charge is 0.271 e. The summed E-state index contributed by atoms with van der Waals surface area (Å²) in [6.45, 7) is 4.93. The van der Waals surface area contributed by atoms with Crippen LogP contribution in [0.5, 0.6) is 0 Å². The summed E-state index contributed by atoms with van der Waals surface area (Å²) in [5.41, 5.74) is 5.97. The molecule has 1 unspecified atom stereocenters. The molecule has 114 valence electrons. The average molecular weight is 372 g/mol. The number of aromatic nitrogens is 2. The summed E-state index contributed by atoms with van der Waals surface area (Å²) < 4.78 is 3.01. The van der Waals surface area contributed by atoms with Crippen molar-refractivity contribution in [2.75, 3.05) is 0 Å². The van der Waals surface area contributed by atoms with Crippen molar-refractivity contribution in [1.29, 1.82) is 0 Å². The summed E-state index contributed by atoms with van der Waals surface area (Å²) in [5, 5.41) is 5.31. The number of aryl methyl sites for hydroxylation is 2. The number of hydrazine groups is 1. The van der Waals surface area contributed by atoms with Gasteiger partial charge < -0.3 is 0 Å². The lowest BCUT2D eigenvalue weighted by Gasteiger charge is -2.17. The zero-order chi connectivity index (χ0) is 15.4. The predicted molar refractivity (Wildman–Crippen MR) is 90.2 cm³/mol. The Kier molecular flexibility index (Phi) is 5.81.